The molecule has 0 amide bonds. The Bertz CT molecular complexity index is 505. The quantitative estimate of drug-likeness (QED) is 0.444. The van der Waals surface area contributed by atoms with Crippen molar-refractivity contribution in [2.75, 3.05) is 0 Å². The fourth-order valence-corrected chi connectivity index (χ4v) is 1.68. The fraction of sp³-hybridized carbons (Fsp3) is 0.333. The molecule has 23 heavy (non-hydrogen) atoms. The van der Waals surface area contributed by atoms with Gasteiger partial charge in [-0.1, -0.05) is 79.3 Å². The van der Waals surface area contributed by atoms with Crippen LogP contribution in [0.15, 0.2) is 66.8 Å². The Hall–Kier alpha value is -1.90. The number of hydrogen-bond donors (Lipinski definition) is 2. The van der Waals surface area contributed by atoms with Crippen molar-refractivity contribution in [3.8, 4) is 0 Å². The molecule has 2 heteroatoms. The first kappa shape index (κ1) is 26.0. The second kappa shape index (κ2) is 15.0. The van der Waals surface area contributed by atoms with E-state index < -0.39 is 0 Å². The van der Waals surface area contributed by atoms with Crippen LogP contribution in [0.2, 0.25) is 0 Å². The van der Waals surface area contributed by atoms with Gasteiger partial charge in [0.1, 0.15) is 0 Å². The standard InChI is InChI=1S/C13H18.C8H12.2H3N/c1-5-11(3)12(4)13-8-6-10(2)7-9-13;1-4-5-6-7-8(2)3;;/h6-9H,5H2,1-4H3;4-6H,1-2,7H2,3H3;2*1H3/b12-11-;6-5-;;. The molecule has 2 nitrogen and oxygen atoms in total. The molecular weight excluding hydrogens is 280 g/mol. The predicted octanol–water partition coefficient (Wildman–Crippen LogP) is 7.22. The average Bonchev–Trinajstić information content (AvgIpc) is 2.47. The SMILES string of the molecule is C=C/C=C\CC(=C)C.CC/C(C)=C(/C)c1ccc(C)cc1.N.N. The summed E-state index contributed by atoms with van der Waals surface area (Å²) in [7, 11) is 0. The van der Waals surface area contributed by atoms with Gasteiger partial charge in [0.05, 0.1) is 0 Å². The predicted molar refractivity (Wildman–Crippen MR) is 109 cm³/mol. The molecule has 0 spiro atoms. The fourth-order valence-electron chi connectivity index (χ4n) is 1.68. The lowest BCUT2D eigenvalue weighted by Crippen LogP contribution is -1.84. The van der Waals surface area contributed by atoms with Gasteiger partial charge in [0.25, 0.3) is 0 Å². The lowest BCUT2D eigenvalue weighted by atomic mass is 10.0. The van der Waals surface area contributed by atoms with Crippen LogP contribution < -0.4 is 12.3 Å². The maximum atomic E-state index is 3.74. The van der Waals surface area contributed by atoms with E-state index in [2.05, 4.69) is 65.1 Å². The van der Waals surface area contributed by atoms with Crippen LogP contribution >= 0.6 is 0 Å². The molecule has 0 fully saturated rings. The summed E-state index contributed by atoms with van der Waals surface area (Å²) >= 11 is 0. The normalized spacial score (nSPS) is 10.5. The first-order chi connectivity index (χ1) is 9.92. The molecule has 0 aliphatic rings. The highest BCUT2D eigenvalue weighted by molar-refractivity contribution is 5.66. The molecule has 0 bridgehead atoms. The molecule has 1 aromatic carbocycles. The summed E-state index contributed by atoms with van der Waals surface area (Å²) in [4.78, 5) is 0. The number of rotatable bonds is 5. The van der Waals surface area contributed by atoms with Gasteiger partial charge in [-0.2, -0.15) is 0 Å². The molecule has 130 valence electrons. The highest BCUT2D eigenvalue weighted by atomic mass is 14.0. The van der Waals surface area contributed by atoms with Crippen LogP contribution in [0.4, 0.5) is 0 Å². The van der Waals surface area contributed by atoms with E-state index in [0.29, 0.717) is 0 Å². The maximum Gasteiger partial charge on any atom is -0.0141 e. The monoisotopic (exact) mass is 316 g/mol. The van der Waals surface area contributed by atoms with E-state index in [1.807, 2.05) is 19.1 Å². The van der Waals surface area contributed by atoms with Crippen LogP contribution in [-0.4, -0.2) is 0 Å². The first-order valence-corrected chi connectivity index (χ1v) is 7.57. The van der Waals surface area contributed by atoms with Crippen molar-refractivity contribution in [3.63, 3.8) is 0 Å². The third-order valence-corrected chi connectivity index (χ3v) is 3.39. The minimum atomic E-state index is 0. The smallest absolute Gasteiger partial charge is 0.0141 e. The largest absolute Gasteiger partial charge is 0.344 e. The summed E-state index contributed by atoms with van der Waals surface area (Å²) in [6.07, 6.45) is 7.83. The molecule has 0 atom stereocenters. The topological polar surface area (TPSA) is 70.0 Å². The van der Waals surface area contributed by atoms with Crippen molar-refractivity contribution in [1.29, 1.82) is 0 Å². The molecule has 0 saturated heterocycles. The van der Waals surface area contributed by atoms with E-state index in [4.69, 9.17) is 0 Å². The summed E-state index contributed by atoms with van der Waals surface area (Å²) in [6, 6.07) is 8.73. The van der Waals surface area contributed by atoms with Crippen molar-refractivity contribution in [2.24, 2.45) is 0 Å². The molecule has 6 N–H and O–H groups in total. The van der Waals surface area contributed by atoms with Crippen LogP contribution in [0.3, 0.4) is 0 Å². The van der Waals surface area contributed by atoms with Gasteiger partial charge in [-0.3, -0.25) is 0 Å². The first-order valence-electron chi connectivity index (χ1n) is 7.57. The molecular formula is C21H36N2. The molecule has 0 aromatic heterocycles. The van der Waals surface area contributed by atoms with Gasteiger partial charge in [-0.25, -0.2) is 0 Å². The molecule has 0 heterocycles. The molecule has 1 rings (SSSR count). The number of aryl methyl sites for hydroxylation is 1. The lowest BCUT2D eigenvalue weighted by Gasteiger charge is -2.06. The third kappa shape index (κ3) is 12.3. The van der Waals surface area contributed by atoms with Crippen LogP contribution in [0.5, 0.6) is 0 Å². The summed E-state index contributed by atoms with van der Waals surface area (Å²) < 4.78 is 0. The van der Waals surface area contributed by atoms with E-state index in [9.17, 15) is 0 Å². The van der Waals surface area contributed by atoms with Crippen molar-refractivity contribution in [1.82, 2.24) is 12.3 Å². The van der Waals surface area contributed by atoms with Crippen molar-refractivity contribution >= 4 is 5.57 Å². The summed E-state index contributed by atoms with van der Waals surface area (Å²) in [6.45, 7) is 18.0. The average molecular weight is 317 g/mol. The molecule has 0 aliphatic heterocycles. The maximum absolute atomic E-state index is 3.74. The Morgan fingerprint density at radius 3 is 1.96 bits per heavy atom. The minimum Gasteiger partial charge on any atom is -0.344 e. The van der Waals surface area contributed by atoms with Gasteiger partial charge in [0.2, 0.25) is 0 Å². The molecule has 0 radical (unpaired) electrons. The van der Waals surface area contributed by atoms with E-state index >= 15 is 0 Å². The third-order valence-electron chi connectivity index (χ3n) is 3.39. The highest BCUT2D eigenvalue weighted by Crippen LogP contribution is 2.19. The summed E-state index contributed by atoms with van der Waals surface area (Å²) in [5, 5.41) is 0. The Labute approximate surface area is 143 Å². The molecule has 0 saturated carbocycles. The van der Waals surface area contributed by atoms with Gasteiger partial charge in [0.15, 0.2) is 0 Å². The zero-order valence-electron chi connectivity index (χ0n) is 15.8. The van der Waals surface area contributed by atoms with Crippen molar-refractivity contribution in [2.45, 2.75) is 47.5 Å². The Kier molecular flexibility index (Phi) is 17.0. The van der Waals surface area contributed by atoms with Crippen molar-refractivity contribution in [3.05, 3.63) is 77.9 Å². The molecule has 0 aliphatic carbocycles. The number of hydrogen-bond acceptors (Lipinski definition) is 2. The van der Waals surface area contributed by atoms with E-state index in [1.165, 1.54) is 27.8 Å². The van der Waals surface area contributed by atoms with Crippen LogP contribution in [0.1, 0.15) is 51.7 Å². The molecule has 1 aromatic rings. The Morgan fingerprint density at radius 2 is 1.57 bits per heavy atom. The second-order valence-electron chi connectivity index (χ2n) is 5.45. The minimum absolute atomic E-state index is 0. The van der Waals surface area contributed by atoms with E-state index in [-0.39, 0.29) is 12.3 Å². The summed E-state index contributed by atoms with van der Waals surface area (Å²) in [5.41, 5.74) is 6.75. The second-order valence-corrected chi connectivity index (χ2v) is 5.45. The zero-order valence-corrected chi connectivity index (χ0v) is 15.8. The van der Waals surface area contributed by atoms with Crippen LogP contribution in [0, 0.1) is 6.92 Å². The van der Waals surface area contributed by atoms with Gasteiger partial charge in [-0.05, 0) is 51.7 Å². The van der Waals surface area contributed by atoms with Crippen molar-refractivity contribution < 1.29 is 0 Å². The van der Waals surface area contributed by atoms with Gasteiger partial charge in [-0.15, -0.1) is 0 Å². The van der Waals surface area contributed by atoms with Gasteiger partial charge < -0.3 is 12.3 Å². The number of benzene rings is 1. The van der Waals surface area contributed by atoms with E-state index in [1.54, 1.807) is 6.08 Å². The Morgan fingerprint density at radius 1 is 1.04 bits per heavy atom. The number of allylic oxidation sites excluding steroid dienone is 6. The molecule has 0 unspecified atom stereocenters. The zero-order chi connectivity index (χ0) is 16.3. The highest BCUT2D eigenvalue weighted by Gasteiger charge is 1.97. The van der Waals surface area contributed by atoms with Crippen LogP contribution in [0.25, 0.3) is 5.57 Å². The van der Waals surface area contributed by atoms with Gasteiger partial charge >= 0.3 is 0 Å². The Balaban J connectivity index is -0.000000353. The lowest BCUT2D eigenvalue weighted by molar-refractivity contribution is 1.10. The van der Waals surface area contributed by atoms with E-state index in [0.717, 1.165) is 12.8 Å². The van der Waals surface area contributed by atoms with Crippen LogP contribution in [-0.2, 0) is 0 Å². The summed E-state index contributed by atoms with van der Waals surface area (Å²) in [5.74, 6) is 0. The van der Waals surface area contributed by atoms with Gasteiger partial charge in [0, 0.05) is 0 Å².